The van der Waals surface area contributed by atoms with E-state index in [1.165, 1.54) is 6.42 Å². The van der Waals surface area contributed by atoms with Crippen LogP contribution in [0.25, 0.3) is 0 Å². The van der Waals surface area contributed by atoms with Crippen LogP contribution in [0.4, 0.5) is 5.82 Å². The minimum atomic E-state index is 0.640. The normalized spacial score (nSPS) is 28.5. The van der Waals surface area contributed by atoms with Crippen molar-refractivity contribution < 1.29 is 0 Å². The zero-order valence-corrected chi connectivity index (χ0v) is 6.62. The monoisotopic (exact) mass is 148 g/mol. The average Bonchev–Trinajstić information content (AvgIpc) is 2.67. The highest BCUT2D eigenvalue weighted by Gasteiger charge is 2.34. The summed E-state index contributed by atoms with van der Waals surface area (Å²) in [6.45, 7) is 2.25. The summed E-state index contributed by atoms with van der Waals surface area (Å²) >= 11 is 0. The van der Waals surface area contributed by atoms with Gasteiger partial charge in [0.25, 0.3) is 0 Å². The van der Waals surface area contributed by atoms with Crippen LogP contribution in [0, 0.1) is 5.92 Å². The summed E-state index contributed by atoms with van der Waals surface area (Å²) in [7, 11) is 0. The summed E-state index contributed by atoms with van der Waals surface area (Å²) in [5.41, 5.74) is 6.72. The number of nitrogen functional groups attached to an aromatic ring is 1. The summed E-state index contributed by atoms with van der Waals surface area (Å²) in [5, 5.41) is 0. The third-order valence-electron chi connectivity index (χ3n) is 2.28. The van der Waals surface area contributed by atoms with Crippen LogP contribution in [0.5, 0.6) is 0 Å². The molecule has 2 atom stereocenters. The molecule has 2 rings (SSSR count). The van der Waals surface area contributed by atoms with Crippen molar-refractivity contribution in [3.05, 3.63) is 23.9 Å². The molecule has 1 fully saturated rings. The van der Waals surface area contributed by atoms with Crippen molar-refractivity contribution in [1.29, 1.82) is 0 Å². The second-order valence-corrected chi connectivity index (χ2v) is 3.31. The Hall–Kier alpha value is -1.05. The maximum atomic E-state index is 5.56. The number of aromatic nitrogens is 1. The van der Waals surface area contributed by atoms with Crippen molar-refractivity contribution in [2.24, 2.45) is 5.92 Å². The molecule has 1 aliphatic carbocycles. The Labute approximate surface area is 66.4 Å². The van der Waals surface area contributed by atoms with Crippen LogP contribution in [-0.4, -0.2) is 4.98 Å². The van der Waals surface area contributed by atoms with Gasteiger partial charge in [0.1, 0.15) is 5.82 Å². The Morgan fingerprint density at radius 3 is 2.82 bits per heavy atom. The zero-order chi connectivity index (χ0) is 7.84. The van der Waals surface area contributed by atoms with Crippen LogP contribution < -0.4 is 5.73 Å². The van der Waals surface area contributed by atoms with E-state index in [1.54, 1.807) is 0 Å². The van der Waals surface area contributed by atoms with Gasteiger partial charge in [-0.2, -0.15) is 0 Å². The number of rotatable bonds is 1. The van der Waals surface area contributed by atoms with Crippen molar-refractivity contribution in [2.45, 2.75) is 19.3 Å². The molecule has 2 unspecified atom stereocenters. The number of hydrogen-bond donors (Lipinski definition) is 1. The standard InChI is InChI=1S/C9H12N2/c1-6-5-7(6)8-3-2-4-9(10)11-8/h2-4,6-7H,5H2,1H3,(H2,10,11). The van der Waals surface area contributed by atoms with Crippen molar-refractivity contribution >= 4 is 5.82 Å². The lowest BCUT2D eigenvalue weighted by Gasteiger charge is -1.97. The second kappa shape index (κ2) is 2.22. The Bertz CT molecular complexity index is 270. The first-order valence-electron chi connectivity index (χ1n) is 4.00. The number of hydrogen-bond acceptors (Lipinski definition) is 2. The predicted octanol–water partition coefficient (Wildman–Crippen LogP) is 1.79. The quantitative estimate of drug-likeness (QED) is 0.659. The maximum Gasteiger partial charge on any atom is 0.123 e. The minimum absolute atomic E-state index is 0.640. The molecule has 58 valence electrons. The summed E-state index contributed by atoms with van der Waals surface area (Å²) in [6, 6.07) is 5.86. The van der Waals surface area contributed by atoms with Gasteiger partial charge in [0.05, 0.1) is 0 Å². The SMILES string of the molecule is CC1CC1c1cccc(N)n1. The summed E-state index contributed by atoms with van der Waals surface area (Å²) in [4.78, 5) is 4.26. The molecule has 1 saturated carbocycles. The fourth-order valence-corrected chi connectivity index (χ4v) is 1.41. The van der Waals surface area contributed by atoms with Gasteiger partial charge in [0, 0.05) is 11.6 Å². The molecular formula is C9H12N2. The van der Waals surface area contributed by atoms with E-state index < -0.39 is 0 Å². The lowest BCUT2D eigenvalue weighted by molar-refractivity contribution is 0.887. The molecule has 2 N–H and O–H groups in total. The molecule has 0 aromatic carbocycles. The topological polar surface area (TPSA) is 38.9 Å². The first-order valence-corrected chi connectivity index (χ1v) is 4.00. The summed E-state index contributed by atoms with van der Waals surface area (Å²) in [6.07, 6.45) is 1.27. The molecule has 0 spiro atoms. The zero-order valence-electron chi connectivity index (χ0n) is 6.62. The van der Waals surface area contributed by atoms with Gasteiger partial charge < -0.3 is 5.73 Å². The molecule has 1 aromatic rings. The highest BCUT2D eigenvalue weighted by atomic mass is 14.8. The summed E-state index contributed by atoms with van der Waals surface area (Å²) < 4.78 is 0. The van der Waals surface area contributed by atoms with Gasteiger partial charge >= 0.3 is 0 Å². The lowest BCUT2D eigenvalue weighted by Crippen LogP contribution is -1.93. The van der Waals surface area contributed by atoms with Crippen LogP contribution in [0.15, 0.2) is 18.2 Å². The van der Waals surface area contributed by atoms with Crippen LogP contribution in [0.3, 0.4) is 0 Å². The number of nitrogens with two attached hydrogens (primary N) is 1. The van der Waals surface area contributed by atoms with Crippen molar-refractivity contribution in [3.63, 3.8) is 0 Å². The Kier molecular flexibility index (Phi) is 1.34. The number of nitrogens with zero attached hydrogens (tertiary/aromatic N) is 1. The largest absolute Gasteiger partial charge is 0.384 e. The van der Waals surface area contributed by atoms with Crippen LogP contribution in [-0.2, 0) is 0 Å². The number of anilines is 1. The highest BCUT2D eigenvalue weighted by Crippen LogP contribution is 2.45. The van der Waals surface area contributed by atoms with E-state index >= 15 is 0 Å². The van der Waals surface area contributed by atoms with Crippen LogP contribution in [0.1, 0.15) is 25.0 Å². The Balaban J connectivity index is 2.25. The molecule has 0 aliphatic heterocycles. The van der Waals surface area contributed by atoms with Crippen molar-refractivity contribution in [3.8, 4) is 0 Å². The van der Waals surface area contributed by atoms with Gasteiger partial charge in [-0.15, -0.1) is 0 Å². The Morgan fingerprint density at radius 2 is 2.27 bits per heavy atom. The van der Waals surface area contributed by atoms with Gasteiger partial charge in [-0.25, -0.2) is 4.98 Å². The smallest absolute Gasteiger partial charge is 0.123 e. The lowest BCUT2D eigenvalue weighted by atomic mass is 10.2. The molecule has 1 heterocycles. The second-order valence-electron chi connectivity index (χ2n) is 3.31. The molecule has 11 heavy (non-hydrogen) atoms. The first-order chi connectivity index (χ1) is 5.27. The van der Waals surface area contributed by atoms with Crippen molar-refractivity contribution in [2.75, 3.05) is 5.73 Å². The van der Waals surface area contributed by atoms with Crippen LogP contribution >= 0.6 is 0 Å². The average molecular weight is 148 g/mol. The first kappa shape index (κ1) is 6.65. The fraction of sp³-hybridized carbons (Fsp3) is 0.444. The molecule has 0 amide bonds. The third-order valence-corrected chi connectivity index (χ3v) is 2.28. The maximum absolute atomic E-state index is 5.56. The molecular weight excluding hydrogens is 136 g/mol. The van der Waals surface area contributed by atoms with E-state index in [0.717, 1.165) is 11.6 Å². The minimum Gasteiger partial charge on any atom is -0.384 e. The molecule has 1 aliphatic rings. The molecule has 0 bridgehead atoms. The Morgan fingerprint density at radius 1 is 1.55 bits per heavy atom. The van der Waals surface area contributed by atoms with Gasteiger partial charge in [-0.05, 0) is 24.5 Å². The van der Waals surface area contributed by atoms with Gasteiger partial charge in [0.15, 0.2) is 0 Å². The molecule has 2 heteroatoms. The molecule has 0 radical (unpaired) electrons. The van der Waals surface area contributed by atoms with Crippen molar-refractivity contribution in [1.82, 2.24) is 4.98 Å². The highest BCUT2D eigenvalue weighted by molar-refractivity contribution is 5.31. The fourth-order valence-electron chi connectivity index (χ4n) is 1.41. The van der Waals surface area contributed by atoms with E-state index in [9.17, 15) is 0 Å². The number of pyridine rings is 1. The van der Waals surface area contributed by atoms with E-state index in [0.29, 0.717) is 11.7 Å². The van der Waals surface area contributed by atoms with Crippen LogP contribution in [0.2, 0.25) is 0 Å². The molecule has 1 aromatic heterocycles. The summed E-state index contributed by atoms with van der Waals surface area (Å²) in [5.74, 6) is 2.13. The predicted molar refractivity (Wildman–Crippen MR) is 45.2 cm³/mol. The van der Waals surface area contributed by atoms with E-state index in [4.69, 9.17) is 5.73 Å². The van der Waals surface area contributed by atoms with E-state index in [2.05, 4.69) is 18.0 Å². The van der Waals surface area contributed by atoms with Gasteiger partial charge in [-0.3, -0.25) is 0 Å². The van der Waals surface area contributed by atoms with Gasteiger partial charge in [-0.1, -0.05) is 13.0 Å². The molecule has 2 nitrogen and oxygen atoms in total. The third kappa shape index (κ3) is 1.20. The van der Waals surface area contributed by atoms with Gasteiger partial charge in [0.2, 0.25) is 0 Å². The van der Waals surface area contributed by atoms with E-state index in [1.807, 2.05) is 12.1 Å². The van der Waals surface area contributed by atoms with E-state index in [-0.39, 0.29) is 0 Å². The molecule has 0 saturated heterocycles.